The van der Waals surface area contributed by atoms with E-state index in [-0.39, 0.29) is 28.9 Å². The van der Waals surface area contributed by atoms with E-state index in [1.165, 1.54) is 0 Å². The smallest absolute Gasteiger partial charge is 0.341 e. The summed E-state index contributed by atoms with van der Waals surface area (Å²) < 4.78 is 9.89. The lowest BCUT2D eigenvalue weighted by Gasteiger charge is -2.56. The van der Waals surface area contributed by atoms with E-state index in [4.69, 9.17) is 9.84 Å². The van der Waals surface area contributed by atoms with Crippen molar-refractivity contribution in [2.75, 3.05) is 6.61 Å². The second-order valence-corrected chi connectivity index (χ2v) is 6.77. The Labute approximate surface area is 124 Å². The lowest BCUT2D eigenvalue weighted by Crippen LogP contribution is -2.57. The molecule has 0 heterocycles. The molecule has 1 saturated carbocycles. The van der Waals surface area contributed by atoms with Crippen molar-refractivity contribution in [1.29, 1.82) is 0 Å². The van der Waals surface area contributed by atoms with Gasteiger partial charge in [0.05, 0.1) is 6.42 Å². The summed E-state index contributed by atoms with van der Waals surface area (Å²) in [5, 5.41) is 8.40. The van der Waals surface area contributed by atoms with Gasteiger partial charge in [0.2, 0.25) is 0 Å². The van der Waals surface area contributed by atoms with Crippen LogP contribution >= 0.6 is 0 Å². The average Bonchev–Trinajstić information content (AvgIpc) is 2.31. The van der Waals surface area contributed by atoms with Gasteiger partial charge in [-0.1, -0.05) is 34.3 Å². The van der Waals surface area contributed by atoms with Gasteiger partial charge in [0.1, 0.15) is 6.10 Å². The first kappa shape index (κ1) is 17.2. The molecule has 0 aromatic carbocycles. The maximum absolute atomic E-state index is 11.9. The summed E-state index contributed by atoms with van der Waals surface area (Å²) in [5.41, 5.74) is -0.301. The Hall–Kier alpha value is -1.85. The van der Waals surface area contributed by atoms with E-state index in [0.29, 0.717) is 0 Å². The highest BCUT2D eigenvalue weighted by atomic mass is 16.6. The Balaban J connectivity index is 2.48. The van der Waals surface area contributed by atoms with E-state index in [0.717, 1.165) is 6.42 Å². The summed E-state index contributed by atoms with van der Waals surface area (Å²) in [6.07, 6.45) is 0.418. The molecule has 1 rings (SSSR count). The maximum Gasteiger partial charge on any atom is 0.341 e. The minimum absolute atomic E-state index is 0.0929. The normalized spacial score (nSPS) is 19.2. The fourth-order valence-corrected chi connectivity index (χ4v) is 3.25. The third-order valence-corrected chi connectivity index (χ3v) is 3.55. The molecule has 1 N–H and O–H groups in total. The van der Waals surface area contributed by atoms with E-state index < -0.39 is 24.5 Å². The van der Waals surface area contributed by atoms with Crippen LogP contribution in [-0.4, -0.2) is 35.7 Å². The first-order valence-corrected chi connectivity index (χ1v) is 6.72. The number of esters is 2. The van der Waals surface area contributed by atoms with E-state index in [2.05, 4.69) is 11.3 Å². The fraction of sp³-hybridized carbons (Fsp3) is 0.667. The zero-order valence-electron chi connectivity index (χ0n) is 12.9. The molecule has 118 valence electrons. The highest BCUT2D eigenvalue weighted by molar-refractivity contribution is 5.94. The van der Waals surface area contributed by atoms with Crippen LogP contribution in [0.25, 0.3) is 0 Å². The monoisotopic (exact) mass is 298 g/mol. The summed E-state index contributed by atoms with van der Waals surface area (Å²) >= 11 is 0. The minimum Gasteiger partial charge on any atom is -0.479 e. The van der Waals surface area contributed by atoms with Crippen LogP contribution in [0.4, 0.5) is 0 Å². The Morgan fingerprint density at radius 2 is 1.71 bits per heavy atom. The van der Waals surface area contributed by atoms with Crippen molar-refractivity contribution >= 4 is 17.9 Å². The molecule has 21 heavy (non-hydrogen) atoms. The van der Waals surface area contributed by atoms with Gasteiger partial charge < -0.3 is 14.6 Å². The number of carboxylic acid groups (broad SMARTS) is 1. The molecule has 6 heteroatoms. The van der Waals surface area contributed by atoms with Crippen molar-refractivity contribution in [2.45, 2.75) is 46.6 Å². The highest BCUT2D eigenvalue weighted by Crippen LogP contribution is 2.55. The molecule has 0 spiro atoms. The zero-order valence-corrected chi connectivity index (χ0v) is 12.9. The van der Waals surface area contributed by atoms with Gasteiger partial charge in [0, 0.05) is 16.4 Å². The van der Waals surface area contributed by atoms with Crippen molar-refractivity contribution in [1.82, 2.24) is 0 Å². The van der Waals surface area contributed by atoms with E-state index in [1.54, 1.807) is 0 Å². The maximum atomic E-state index is 11.9. The molecule has 6 nitrogen and oxygen atoms in total. The topological polar surface area (TPSA) is 89.9 Å². The van der Waals surface area contributed by atoms with Gasteiger partial charge >= 0.3 is 17.9 Å². The third-order valence-electron chi connectivity index (χ3n) is 3.55. The Kier molecular flexibility index (Phi) is 4.81. The molecule has 0 unspecified atom stereocenters. The van der Waals surface area contributed by atoms with Crippen molar-refractivity contribution in [3.63, 3.8) is 0 Å². The van der Waals surface area contributed by atoms with E-state index >= 15 is 0 Å². The Morgan fingerprint density at radius 1 is 1.19 bits per heavy atom. The average molecular weight is 298 g/mol. The van der Waals surface area contributed by atoms with Crippen molar-refractivity contribution in [2.24, 2.45) is 10.8 Å². The summed E-state index contributed by atoms with van der Waals surface area (Å²) in [5.74, 6) is -2.73. The lowest BCUT2D eigenvalue weighted by molar-refractivity contribution is -0.197. The van der Waals surface area contributed by atoms with E-state index in [1.807, 2.05) is 27.7 Å². The van der Waals surface area contributed by atoms with Gasteiger partial charge in [-0.2, -0.15) is 0 Å². The molecule has 1 aliphatic rings. The van der Waals surface area contributed by atoms with Gasteiger partial charge in [0.25, 0.3) is 0 Å². The molecule has 1 fully saturated rings. The van der Waals surface area contributed by atoms with Crippen LogP contribution in [0.15, 0.2) is 12.2 Å². The summed E-state index contributed by atoms with van der Waals surface area (Å²) in [6, 6.07) is 0. The SMILES string of the molecule is C=C(CC(=O)OC1C(C)(C)CC1(C)C)C(=O)OCC(=O)O. The number of hydrogen-bond acceptors (Lipinski definition) is 5. The third kappa shape index (κ3) is 4.31. The van der Waals surface area contributed by atoms with Crippen molar-refractivity contribution in [3.8, 4) is 0 Å². The molecule has 0 aliphatic heterocycles. The zero-order chi connectivity index (χ0) is 16.4. The number of ether oxygens (including phenoxy) is 2. The molecule has 0 radical (unpaired) electrons. The molecular weight excluding hydrogens is 276 g/mol. The number of aliphatic carboxylic acids is 1. The molecular formula is C15H22O6. The minimum atomic E-state index is -1.27. The lowest BCUT2D eigenvalue weighted by atomic mass is 9.53. The van der Waals surface area contributed by atoms with Gasteiger partial charge in [0.15, 0.2) is 6.61 Å². The second-order valence-electron chi connectivity index (χ2n) is 6.77. The van der Waals surface area contributed by atoms with Crippen molar-refractivity contribution < 1.29 is 29.0 Å². The van der Waals surface area contributed by atoms with Crippen LogP contribution < -0.4 is 0 Å². The number of carboxylic acids is 1. The van der Waals surface area contributed by atoms with Crippen molar-refractivity contribution in [3.05, 3.63) is 12.2 Å². The van der Waals surface area contributed by atoms with Crippen LogP contribution in [-0.2, 0) is 23.9 Å². The first-order chi connectivity index (χ1) is 9.45. The highest BCUT2D eigenvalue weighted by Gasteiger charge is 2.55. The first-order valence-electron chi connectivity index (χ1n) is 6.72. The number of carbonyl (C=O) groups is 3. The van der Waals surface area contributed by atoms with E-state index in [9.17, 15) is 14.4 Å². The van der Waals surface area contributed by atoms with Crippen LogP contribution in [0.1, 0.15) is 40.5 Å². The van der Waals surface area contributed by atoms with Gasteiger partial charge in [-0.15, -0.1) is 0 Å². The summed E-state index contributed by atoms with van der Waals surface area (Å²) in [4.78, 5) is 33.6. The molecule has 1 aliphatic carbocycles. The predicted molar refractivity (Wildman–Crippen MR) is 74.4 cm³/mol. The standard InChI is InChI=1S/C15H22O6/c1-9(12(19)20-7-10(16)17)6-11(18)21-13-14(2,3)8-15(13,4)5/h13H,1,6-8H2,2-5H3,(H,16,17). The molecule has 0 aromatic rings. The largest absolute Gasteiger partial charge is 0.479 e. The number of hydrogen-bond donors (Lipinski definition) is 1. The molecule has 0 bridgehead atoms. The molecule has 0 amide bonds. The molecule has 0 aromatic heterocycles. The van der Waals surface area contributed by atoms with Crippen LogP contribution in [0, 0.1) is 10.8 Å². The van der Waals surface area contributed by atoms with Gasteiger partial charge in [-0.05, 0) is 6.42 Å². The Bertz CT molecular complexity index is 461. The summed E-state index contributed by atoms with van der Waals surface area (Å²) in [7, 11) is 0. The van der Waals surface area contributed by atoms with Gasteiger partial charge in [-0.25, -0.2) is 9.59 Å². The van der Waals surface area contributed by atoms with Gasteiger partial charge in [-0.3, -0.25) is 4.79 Å². The molecule has 0 atom stereocenters. The predicted octanol–water partition coefficient (Wildman–Crippen LogP) is 1.93. The number of carbonyl (C=O) groups excluding carboxylic acids is 2. The Morgan fingerprint density at radius 3 is 2.14 bits per heavy atom. The number of rotatable bonds is 6. The summed E-state index contributed by atoms with van der Waals surface area (Å²) in [6.45, 7) is 10.8. The van der Waals surface area contributed by atoms with Crippen LogP contribution in [0.5, 0.6) is 0 Å². The van der Waals surface area contributed by atoms with Crippen LogP contribution in [0.3, 0.4) is 0 Å². The fourth-order valence-electron chi connectivity index (χ4n) is 3.25. The van der Waals surface area contributed by atoms with Crippen LogP contribution in [0.2, 0.25) is 0 Å². The molecule has 0 saturated heterocycles. The second kappa shape index (κ2) is 5.87. The quantitative estimate of drug-likeness (QED) is 0.595.